The van der Waals surface area contributed by atoms with E-state index < -0.39 is 0 Å². The number of aromatic hydroxyl groups is 1. The average Bonchev–Trinajstić information content (AvgIpc) is 2.18. The lowest BCUT2D eigenvalue weighted by Crippen LogP contribution is -2.08. The maximum absolute atomic E-state index is 9.85. The normalized spacial score (nSPS) is 15.3. The third kappa shape index (κ3) is 1.41. The van der Waals surface area contributed by atoms with Crippen molar-refractivity contribution in [1.29, 1.82) is 0 Å². The third-order valence-electron chi connectivity index (χ3n) is 3.32. The summed E-state index contributed by atoms with van der Waals surface area (Å²) < 4.78 is 0. The Bertz CT molecular complexity index is 332. The fraction of sp³-hybridized carbons (Fsp3) is 0.538. The second-order valence-corrected chi connectivity index (χ2v) is 4.21. The molecule has 14 heavy (non-hydrogen) atoms. The molecule has 0 fully saturated rings. The monoisotopic (exact) mass is 190 g/mol. The molecule has 0 bridgehead atoms. The van der Waals surface area contributed by atoms with Crippen molar-refractivity contribution in [2.75, 3.05) is 0 Å². The lowest BCUT2D eigenvalue weighted by Gasteiger charge is -2.22. The minimum atomic E-state index is 0.505. The minimum Gasteiger partial charge on any atom is -0.508 e. The molecule has 0 amide bonds. The number of hydrogen-bond donors (Lipinski definition) is 1. The van der Waals surface area contributed by atoms with Crippen LogP contribution in [0.25, 0.3) is 0 Å². The SMILES string of the molecule is CCc1c(O)cc(C)c2c1CCCC2. The van der Waals surface area contributed by atoms with Crippen LogP contribution < -0.4 is 0 Å². The maximum atomic E-state index is 9.85. The molecule has 76 valence electrons. The largest absolute Gasteiger partial charge is 0.508 e. The number of hydrogen-bond acceptors (Lipinski definition) is 1. The molecule has 1 heteroatoms. The Labute approximate surface area is 85.8 Å². The zero-order chi connectivity index (χ0) is 10.1. The Morgan fingerprint density at radius 1 is 1.21 bits per heavy atom. The highest BCUT2D eigenvalue weighted by Gasteiger charge is 2.17. The first kappa shape index (κ1) is 9.57. The number of rotatable bonds is 1. The fourth-order valence-corrected chi connectivity index (χ4v) is 2.60. The maximum Gasteiger partial charge on any atom is 0.119 e. The van der Waals surface area contributed by atoms with Crippen LogP contribution >= 0.6 is 0 Å². The Morgan fingerprint density at radius 3 is 2.50 bits per heavy atom. The highest BCUT2D eigenvalue weighted by Crippen LogP contribution is 2.33. The van der Waals surface area contributed by atoms with E-state index >= 15 is 0 Å². The van der Waals surface area contributed by atoms with Crippen LogP contribution in [0.2, 0.25) is 0 Å². The van der Waals surface area contributed by atoms with E-state index in [4.69, 9.17) is 0 Å². The van der Waals surface area contributed by atoms with Crippen LogP contribution in [0.5, 0.6) is 5.75 Å². The van der Waals surface area contributed by atoms with Gasteiger partial charge >= 0.3 is 0 Å². The van der Waals surface area contributed by atoms with Crippen molar-refractivity contribution in [3.63, 3.8) is 0 Å². The van der Waals surface area contributed by atoms with Gasteiger partial charge in [-0.05, 0) is 67.3 Å². The van der Waals surface area contributed by atoms with Gasteiger partial charge in [-0.25, -0.2) is 0 Å². The number of fused-ring (bicyclic) bond motifs is 1. The van der Waals surface area contributed by atoms with Crippen molar-refractivity contribution in [1.82, 2.24) is 0 Å². The number of phenolic OH excluding ortho intramolecular Hbond substituents is 1. The molecule has 1 aliphatic rings. The molecule has 1 aliphatic carbocycles. The summed E-state index contributed by atoms with van der Waals surface area (Å²) in [6.45, 7) is 4.24. The van der Waals surface area contributed by atoms with Crippen molar-refractivity contribution in [3.8, 4) is 5.75 Å². The standard InChI is InChI=1S/C13H18O/c1-3-10-12-7-5-4-6-11(12)9(2)8-13(10)14/h8,14H,3-7H2,1-2H3. The molecule has 0 radical (unpaired) electrons. The van der Waals surface area contributed by atoms with Crippen LogP contribution in [0, 0.1) is 6.92 Å². The number of benzene rings is 1. The van der Waals surface area contributed by atoms with Crippen LogP contribution in [0.15, 0.2) is 6.07 Å². The highest BCUT2D eigenvalue weighted by molar-refractivity contribution is 5.49. The fourth-order valence-electron chi connectivity index (χ4n) is 2.60. The van der Waals surface area contributed by atoms with E-state index in [0.29, 0.717) is 5.75 Å². The van der Waals surface area contributed by atoms with Gasteiger partial charge in [0.15, 0.2) is 0 Å². The zero-order valence-corrected chi connectivity index (χ0v) is 9.06. The second-order valence-electron chi connectivity index (χ2n) is 4.21. The first-order valence-corrected chi connectivity index (χ1v) is 5.57. The summed E-state index contributed by atoms with van der Waals surface area (Å²) in [6.07, 6.45) is 5.90. The predicted octanol–water partition coefficient (Wildman–Crippen LogP) is 3.14. The molecule has 0 unspecified atom stereocenters. The van der Waals surface area contributed by atoms with Gasteiger partial charge in [-0.2, -0.15) is 0 Å². The molecule has 0 saturated carbocycles. The summed E-state index contributed by atoms with van der Waals surface area (Å²) in [7, 11) is 0. The van der Waals surface area contributed by atoms with Gasteiger partial charge in [0.05, 0.1) is 0 Å². The predicted molar refractivity (Wildman–Crippen MR) is 58.9 cm³/mol. The van der Waals surface area contributed by atoms with E-state index in [1.165, 1.54) is 41.5 Å². The Morgan fingerprint density at radius 2 is 1.86 bits per heavy atom. The topological polar surface area (TPSA) is 20.2 Å². The summed E-state index contributed by atoms with van der Waals surface area (Å²) in [6, 6.07) is 1.93. The molecule has 1 nitrogen and oxygen atoms in total. The van der Waals surface area contributed by atoms with E-state index in [-0.39, 0.29) is 0 Å². The van der Waals surface area contributed by atoms with Crippen LogP contribution in [-0.2, 0) is 19.3 Å². The lowest BCUT2D eigenvalue weighted by molar-refractivity contribution is 0.465. The van der Waals surface area contributed by atoms with Gasteiger partial charge in [0.25, 0.3) is 0 Å². The molecule has 0 heterocycles. The van der Waals surface area contributed by atoms with Crippen molar-refractivity contribution >= 4 is 0 Å². The van der Waals surface area contributed by atoms with Crippen LogP contribution in [0.3, 0.4) is 0 Å². The molecule has 1 aromatic rings. The van der Waals surface area contributed by atoms with Crippen LogP contribution in [-0.4, -0.2) is 5.11 Å². The summed E-state index contributed by atoms with van der Waals surface area (Å²) in [5, 5.41) is 9.85. The first-order valence-electron chi connectivity index (χ1n) is 5.57. The Hall–Kier alpha value is -0.980. The molecular formula is C13H18O. The van der Waals surface area contributed by atoms with Crippen molar-refractivity contribution < 1.29 is 5.11 Å². The van der Waals surface area contributed by atoms with Gasteiger partial charge in [-0.3, -0.25) is 0 Å². The van der Waals surface area contributed by atoms with Gasteiger partial charge in [0.2, 0.25) is 0 Å². The molecule has 0 spiro atoms. The second kappa shape index (κ2) is 3.64. The van der Waals surface area contributed by atoms with E-state index in [0.717, 1.165) is 12.8 Å². The summed E-state index contributed by atoms with van der Waals surface area (Å²) >= 11 is 0. The molecule has 0 saturated heterocycles. The molecule has 1 N–H and O–H groups in total. The highest BCUT2D eigenvalue weighted by atomic mass is 16.3. The van der Waals surface area contributed by atoms with Crippen LogP contribution in [0.1, 0.15) is 42.0 Å². The smallest absolute Gasteiger partial charge is 0.119 e. The molecule has 1 aromatic carbocycles. The van der Waals surface area contributed by atoms with Crippen molar-refractivity contribution in [2.24, 2.45) is 0 Å². The Kier molecular flexibility index (Phi) is 2.49. The van der Waals surface area contributed by atoms with Crippen molar-refractivity contribution in [2.45, 2.75) is 46.0 Å². The first-order chi connectivity index (χ1) is 6.74. The number of phenols is 1. The lowest BCUT2D eigenvalue weighted by atomic mass is 9.84. The van der Waals surface area contributed by atoms with E-state index in [1.54, 1.807) is 0 Å². The van der Waals surface area contributed by atoms with E-state index in [9.17, 15) is 5.11 Å². The molecule has 0 aliphatic heterocycles. The molecule has 0 aromatic heterocycles. The quantitative estimate of drug-likeness (QED) is 0.721. The summed E-state index contributed by atoms with van der Waals surface area (Å²) in [5.41, 5.74) is 5.40. The molecular weight excluding hydrogens is 172 g/mol. The summed E-state index contributed by atoms with van der Waals surface area (Å²) in [4.78, 5) is 0. The Balaban J connectivity index is 2.61. The van der Waals surface area contributed by atoms with Gasteiger partial charge in [-0.15, -0.1) is 0 Å². The number of aryl methyl sites for hydroxylation is 1. The van der Waals surface area contributed by atoms with Crippen LogP contribution in [0.4, 0.5) is 0 Å². The van der Waals surface area contributed by atoms with E-state index in [1.807, 2.05) is 6.07 Å². The zero-order valence-electron chi connectivity index (χ0n) is 9.06. The summed E-state index contributed by atoms with van der Waals surface area (Å²) in [5.74, 6) is 0.505. The minimum absolute atomic E-state index is 0.505. The molecule has 0 atom stereocenters. The van der Waals surface area contributed by atoms with Gasteiger partial charge < -0.3 is 5.11 Å². The van der Waals surface area contributed by atoms with Crippen molar-refractivity contribution in [3.05, 3.63) is 28.3 Å². The van der Waals surface area contributed by atoms with Gasteiger partial charge in [-0.1, -0.05) is 6.92 Å². The third-order valence-corrected chi connectivity index (χ3v) is 3.32. The molecule has 2 rings (SSSR count). The average molecular weight is 190 g/mol. The van der Waals surface area contributed by atoms with Gasteiger partial charge in [0, 0.05) is 0 Å². The van der Waals surface area contributed by atoms with Gasteiger partial charge in [0.1, 0.15) is 5.75 Å². The van der Waals surface area contributed by atoms with E-state index in [2.05, 4.69) is 13.8 Å².